The Hall–Kier alpha value is -0.610. The van der Waals surface area contributed by atoms with Gasteiger partial charge in [0.25, 0.3) is 0 Å². The molecule has 0 saturated carbocycles. The van der Waals surface area contributed by atoms with Crippen molar-refractivity contribution in [2.45, 2.75) is 379 Å². The van der Waals surface area contributed by atoms with E-state index in [-0.39, 0.29) is 12.5 Å². The molecule has 0 aliphatic carbocycles. The van der Waals surface area contributed by atoms with E-state index in [1.807, 2.05) is 0 Å². The molecular weight excluding hydrogens is 795 g/mol. The van der Waals surface area contributed by atoms with Crippen molar-refractivity contribution in [2.24, 2.45) is 0 Å². The van der Waals surface area contributed by atoms with Crippen LogP contribution in [0.1, 0.15) is 367 Å². The highest BCUT2D eigenvalue weighted by Crippen LogP contribution is 2.19. The first-order chi connectivity index (χ1) is 32.2. The summed E-state index contributed by atoms with van der Waals surface area (Å²) in [6.07, 6.45) is 74.3. The first kappa shape index (κ1) is 64.4. The van der Waals surface area contributed by atoms with E-state index >= 15 is 0 Å². The average molecular weight is 919 g/mol. The van der Waals surface area contributed by atoms with Gasteiger partial charge in [0.2, 0.25) is 5.91 Å². The lowest BCUT2D eigenvalue weighted by atomic mass is 10.0. The number of nitrogens with one attached hydrogen (secondary N) is 1. The van der Waals surface area contributed by atoms with Crippen LogP contribution >= 0.6 is 0 Å². The van der Waals surface area contributed by atoms with Gasteiger partial charge in [-0.05, 0) is 12.8 Å². The third-order valence-electron chi connectivity index (χ3n) is 14.9. The van der Waals surface area contributed by atoms with Gasteiger partial charge >= 0.3 is 0 Å². The van der Waals surface area contributed by atoms with Gasteiger partial charge in [-0.2, -0.15) is 0 Å². The summed E-state index contributed by atoms with van der Waals surface area (Å²) in [5, 5.41) is 23.2. The van der Waals surface area contributed by atoms with Crippen LogP contribution in [0.5, 0.6) is 0 Å². The minimum atomic E-state index is -0.653. The van der Waals surface area contributed by atoms with Gasteiger partial charge in [-0.3, -0.25) is 4.79 Å². The van der Waals surface area contributed by atoms with Crippen molar-refractivity contribution < 1.29 is 15.0 Å². The maximum atomic E-state index is 12.5. The van der Waals surface area contributed by atoms with Crippen LogP contribution in [-0.2, 0) is 4.79 Å². The lowest BCUT2D eigenvalue weighted by Crippen LogP contribution is -2.45. The van der Waals surface area contributed by atoms with Crippen molar-refractivity contribution in [1.29, 1.82) is 0 Å². The summed E-state index contributed by atoms with van der Waals surface area (Å²) in [5.41, 5.74) is 0. The molecule has 0 rings (SSSR count). The van der Waals surface area contributed by atoms with Crippen molar-refractivity contribution in [3.8, 4) is 0 Å². The second-order valence-corrected chi connectivity index (χ2v) is 21.5. The maximum Gasteiger partial charge on any atom is 0.220 e. The molecule has 0 spiro atoms. The Bertz CT molecular complexity index is 864. The fourth-order valence-electron chi connectivity index (χ4n) is 10.2. The molecule has 2 atom stereocenters. The van der Waals surface area contributed by atoms with E-state index in [2.05, 4.69) is 19.2 Å². The zero-order valence-electron chi connectivity index (χ0n) is 45.1. The number of aliphatic hydroxyl groups excluding tert-OH is 2. The summed E-state index contributed by atoms with van der Waals surface area (Å²) in [4.78, 5) is 12.5. The fourth-order valence-corrected chi connectivity index (χ4v) is 10.2. The molecule has 0 aliphatic rings. The standard InChI is InChI=1S/C61H123NO3/c1-3-5-7-9-11-13-15-17-18-19-20-21-22-23-24-25-26-27-28-29-30-31-32-33-34-35-36-37-38-39-40-41-42-43-44-45-47-49-51-53-55-57-61(65)62-59(58-63)60(64)56-54-52-50-48-46-16-14-12-10-8-6-4-2/h59-60,63-64H,3-58H2,1-2H3,(H,62,65). The Morgan fingerprint density at radius 2 is 0.492 bits per heavy atom. The number of hydrogen-bond donors (Lipinski definition) is 3. The molecule has 3 N–H and O–H groups in total. The predicted octanol–water partition coefficient (Wildman–Crippen LogP) is 20.3. The fraction of sp³-hybridized carbons (Fsp3) is 0.984. The van der Waals surface area contributed by atoms with Crippen molar-refractivity contribution in [3.63, 3.8) is 0 Å². The van der Waals surface area contributed by atoms with Gasteiger partial charge in [0.05, 0.1) is 18.8 Å². The first-order valence-corrected chi connectivity index (χ1v) is 30.7. The van der Waals surface area contributed by atoms with E-state index in [1.54, 1.807) is 0 Å². The Morgan fingerprint density at radius 1 is 0.308 bits per heavy atom. The van der Waals surface area contributed by atoms with Gasteiger partial charge in [0.1, 0.15) is 0 Å². The third kappa shape index (κ3) is 54.2. The topological polar surface area (TPSA) is 69.6 Å². The highest BCUT2D eigenvalue weighted by Gasteiger charge is 2.20. The van der Waals surface area contributed by atoms with Gasteiger partial charge in [0, 0.05) is 6.42 Å². The molecule has 0 aliphatic heterocycles. The molecular formula is C61H123NO3. The van der Waals surface area contributed by atoms with Crippen LogP contribution in [0.4, 0.5) is 0 Å². The summed E-state index contributed by atoms with van der Waals surface area (Å²) < 4.78 is 0. The van der Waals surface area contributed by atoms with Crippen LogP contribution in [-0.4, -0.2) is 34.9 Å². The lowest BCUT2D eigenvalue weighted by Gasteiger charge is -2.22. The molecule has 65 heavy (non-hydrogen) atoms. The van der Waals surface area contributed by atoms with E-state index < -0.39 is 12.1 Å². The summed E-state index contributed by atoms with van der Waals surface area (Å²) in [6, 6.07) is -0.530. The number of carbonyl (C=O) groups excluding carboxylic acids is 1. The Balaban J connectivity index is 3.28. The van der Waals surface area contributed by atoms with E-state index in [1.165, 1.54) is 315 Å². The number of hydrogen-bond acceptors (Lipinski definition) is 3. The van der Waals surface area contributed by atoms with Crippen LogP contribution in [0.15, 0.2) is 0 Å². The Labute approximate surface area is 410 Å². The third-order valence-corrected chi connectivity index (χ3v) is 14.9. The number of amides is 1. The average Bonchev–Trinajstić information content (AvgIpc) is 3.31. The zero-order valence-corrected chi connectivity index (χ0v) is 45.1. The molecule has 0 aromatic heterocycles. The summed E-state index contributed by atoms with van der Waals surface area (Å²) in [5.74, 6) is -0.0236. The van der Waals surface area contributed by atoms with Crippen molar-refractivity contribution >= 4 is 5.91 Å². The smallest absolute Gasteiger partial charge is 0.220 e. The largest absolute Gasteiger partial charge is 0.394 e. The molecule has 0 aromatic carbocycles. The first-order valence-electron chi connectivity index (χ1n) is 30.7. The monoisotopic (exact) mass is 918 g/mol. The zero-order chi connectivity index (χ0) is 47.0. The molecule has 0 heterocycles. The molecule has 4 nitrogen and oxygen atoms in total. The maximum absolute atomic E-state index is 12.5. The number of carbonyl (C=O) groups is 1. The van der Waals surface area contributed by atoms with E-state index in [9.17, 15) is 15.0 Å². The van der Waals surface area contributed by atoms with Crippen LogP contribution in [0.2, 0.25) is 0 Å². The van der Waals surface area contributed by atoms with E-state index in [0.29, 0.717) is 12.8 Å². The molecule has 0 aromatic rings. The van der Waals surface area contributed by atoms with Gasteiger partial charge in [-0.15, -0.1) is 0 Å². The summed E-state index contributed by atoms with van der Waals surface area (Å²) in [7, 11) is 0. The van der Waals surface area contributed by atoms with E-state index in [4.69, 9.17) is 0 Å². The van der Waals surface area contributed by atoms with Gasteiger partial charge < -0.3 is 15.5 Å². The second-order valence-electron chi connectivity index (χ2n) is 21.5. The van der Waals surface area contributed by atoms with Crippen LogP contribution < -0.4 is 5.32 Å². The minimum absolute atomic E-state index is 0.0236. The van der Waals surface area contributed by atoms with Crippen LogP contribution in [0, 0.1) is 0 Å². The number of rotatable bonds is 58. The summed E-state index contributed by atoms with van der Waals surface area (Å²) in [6.45, 7) is 4.39. The van der Waals surface area contributed by atoms with Crippen LogP contribution in [0.3, 0.4) is 0 Å². The predicted molar refractivity (Wildman–Crippen MR) is 290 cm³/mol. The normalized spacial score (nSPS) is 12.6. The van der Waals surface area contributed by atoms with Crippen molar-refractivity contribution in [1.82, 2.24) is 5.32 Å². The number of unbranched alkanes of at least 4 members (excludes halogenated alkanes) is 51. The van der Waals surface area contributed by atoms with E-state index in [0.717, 1.165) is 25.7 Å². The molecule has 0 saturated heterocycles. The molecule has 4 heteroatoms. The van der Waals surface area contributed by atoms with Gasteiger partial charge in [0.15, 0.2) is 0 Å². The minimum Gasteiger partial charge on any atom is -0.394 e. The second kappa shape index (κ2) is 57.7. The Morgan fingerprint density at radius 3 is 0.692 bits per heavy atom. The quantitative estimate of drug-likeness (QED) is 0.0533. The Kier molecular flexibility index (Phi) is 57.2. The molecule has 2 unspecified atom stereocenters. The SMILES string of the molecule is CCCCCCCCCCCCCCCCCCCCCCCCCCCCCCCCCCCCCCCCCCCC(=O)NC(CO)C(O)CCCCCCCCCCCCCC. The molecule has 0 radical (unpaired) electrons. The molecule has 390 valence electrons. The molecule has 0 fully saturated rings. The lowest BCUT2D eigenvalue weighted by molar-refractivity contribution is -0.123. The van der Waals surface area contributed by atoms with Crippen molar-refractivity contribution in [2.75, 3.05) is 6.61 Å². The van der Waals surface area contributed by atoms with Crippen LogP contribution in [0.25, 0.3) is 0 Å². The highest BCUT2D eigenvalue weighted by atomic mass is 16.3. The van der Waals surface area contributed by atoms with Gasteiger partial charge in [-0.1, -0.05) is 348 Å². The highest BCUT2D eigenvalue weighted by molar-refractivity contribution is 5.76. The summed E-state index contributed by atoms with van der Waals surface area (Å²) >= 11 is 0. The van der Waals surface area contributed by atoms with Crippen molar-refractivity contribution in [3.05, 3.63) is 0 Å². The number of aliphatic hydroxyl groups is 2. The molecule has 0 bridgehead atoms. The van der Waals surface area contributed by atoms with Gasteiger partial charge in [-0.25, -0.2) is 0 Å². The molecule has 1 amide bonds.